The van der Waals surface area contributed by atoms with Crippen molar-refractivity contribution >= 4 is 11.7 Å². The van der Waals surface area contributed by atoms with E-state index in [1.807, 2.05) is 11.9 Å². The van der Waals surface area contributed by atoms with E-state index >= 15 is 0 Å². The summed E-state index contributed by atoms with van der Waals surface area (Å²) in [4.78, 5) is 12.8. The van der Waals surface area contributed by atoms with Crippen LogP contribution in [0.25, 0.3) is 0 Å². The summed E-state index contributed by atoms with van der Waals surface area (Å²) in [6.07, 6.45) is 5.66. The minimum atomic E-state index is -1.02. The maximum atomic E-state index is 13.8. The molecule has 1 fully saturated rings. The molecule has 1 aromatic rings. The van der Waals surface area contributed by atoms with Gasteiger partial charge in [0.05, 0.1) is 11.3 Å². The molecule has 1 aliphatic carbocycles. The number of hydrogen-bond donors (Lipinski definition) is 1. The zero-order valence-corrected chi connectivity index (χ0v) is 10.5. The fraction of sp³-hybridized carbons (Fsp3) is 0.500. The van der Waals surface area contributed by atoms with Crippen LogP contribution in [0.4, 0.5) is 10.1 Å². The number of carbonyl (C=O) groups is 1. The fourth-order valence-electron chi connectivity index (χ4n) is 2.58. The molecule has 0 saturated heterocycles. The standard InChI is InChI=1S/C14H18FNO2/c1-16(11-5-3-2-4-6-11)13-9-10(14(17)18)7-8-12(13)15/h7-9,11H,2-6H2,1H3,(H,17,18). The molecule has 0 aromatic heterocycles. The summed E-state index contributed by atoms with van der Waals surface area (Å²) in [5, 5.41) is 8.95. The van der Waals surface area contributed by atoms with E-state index in [2.05, 4.69) is 0 Å². The number of carboxylic acids is 1. The van der Waals surface area contributed by atoms with Gasteiger partial charge in [0.1, 0.15) is 5.82 Å². The van der Waals surface area contributed by atoms with Gasteiger partial charge >= 0.3 is 5.97 Å². The lowest BCUT2D eigenvalue weighted by Crippen LogP contribution is -2.34. The molecule has 0 atom stereocenters. The monoisotopic (exact) mass is 251 g/mol. The predicted octanol–water partition coefficient (Wildman–Crippen LogP) is 3.29. The van der Waals surface area contributed by atoms with Gasteiger partial charge in [-0.2, -0.15) is 0 Å². The van der Waals surface area contributed by atoms with E-state index in [-0.39, 0.29) is 11.4 Å². The molecule has 1 aliphatic rings. The Hall–Kier alpha value is -1.58. The summed E-state index contributed by atoms with van der Waals surface area (Å²) in [6, 6.07) is 4.28. The predicted molar refractivity (Wildman–Crippen MR) is 68.6 cm³/mol. The highest BCUT2D eigenvalue weighted by Gasteiger charge is 2.21. The Morgan fingerprint density at radius 2 is 2.00 bits per heavy atom. The molecule has 0 radical (unpaired) electrons. The zero-order chi connectivity index (χ0) is 13.1. The Labute approximate surface area is 106 Å². The van der Waals surface area contributed by atoms with Crippen LogP contribution in [0.5, 0.6) is 0 Å². The quantitative estimate of drug-likeness (QED) is 0.896. The summed E-state index contributed by atoms with van der Waals surface area (Å²) >= 11 is 0. The molecule has 0 bridgehead atoms. The lowest BCUT2D eigenvalue weighted by atomic mass is 9.94. The average Bonchev–Trinajstić information content (AvgIpc) is 2.39. The van der Waals surface area contributed by atoms with Gasteiger partial charge in [-0.3, -0.25) is 0 Å². The largest absolute Gasteiger partial charge is 0.478 e. The summed E-state index contributed by atoms with van der Waals surface area (Å²) in [5.74, 6) is -1.37. The van der Waals surface area contributed by atoms with Gasteiger partial charge < -0.3 is 10.0 Å². The number of nitrogens with zero attached hydrogens (tertiary/aromatic N) is 1. The zero-order valence-electron chi connectivity index (χ0n) is 10.5. The van der Waals surface area contributed by atoms with Crippen molar-refractivity contribution in [1.29, 1.82) is 0 Å². The third-order valence-corrected chi connectivity index (χ3v) is 3.70. The molecule has 98 valence electrons. The number of benzene rings is 1. The van der Waals surface area contributed by atoms with Gasteiger partial charge in [-0.1, -0.05) is 19.3 Å². The Kier molecular flexibility index (Phi) is 3.84. The summed E-state index contributed by atoms with van der Waals surface area (Å²) in [6.45, 7) is 0. The van der Waals surface area contributed by atoms with Crippen LogP contribution in [-0.2, 0) is 0 Å². The second kappa shape index (κ2) is 5.38. The van der Waals surface area contributed by atoms with Gasteiger partial charge in [-0.15, -0.1) is 0 Å². The van der Waals surface area contributed by atoms with Crippen LogP contribution in [0.3, 0.4) is 0 Å². The fourth-order valence-corrected chi connectivity index (χ4v) is 2.58. The third kappa shape index (κ3) is 2.63. The highest BCUT2D eigenvalue weighted by molar-refractivity contribution is 5.88. The molecule has 0 unspecified atom stereocenters. The normalized spacial score (nSPS) is 16.6. The molecular weight excluding hydrogens is 233 g/mol. The number of rotatable bonds is 3. The highest BCUT2D eigenvalue weighted by Crippen LogP contribution is 2.28. The van der Waals surface area contributed by atoms with Crippen molar-refractivity contribution in [3.63, 3.8) is 0 Å². The Bertz CT molecular complexity index is 441. The van der Waals surface area contributed by atoms with Crippen LogP contribution >= 0.6 is 0 Å². The van der Waals surface area contributed by atoms with Crippen LogP contribution in [0.15, 0.2) is 18.2 Å². The minimum Gasteiger partial charge on any atom is -0.478 e. The molecule has 1 aromatic carbocycles. The molecule has 2 rings (SSSR count). The number of aromatic carboxylic acids is 1. The van der Waals surface area contributed by atoms with Crippen LogP contribution < -0.4 is 4.90 Å². The number of halogens is 1. The van der Waals surface area contributed by atoms with Gasteiger partial charge in [-0.25, -0.2) is 9.18 Å². The van der Waals surface area contributed by atoms with Gasteiger partial charge in [0.25, 0.3) is 0 Å². The van der Waals surface area contributed by atoms with E-state index in [1.54, 1.807) is 0 Å². The summed E-state index contributed by atoms with van der Waals surface area (Å²) in [7, 11) is 1.85. The number of carboxylic acid groups (broad SMARTS) is 1. The first-order valence-corrected chi connectivity index (χ1v) is 6.35. The van der Waals surface area contributed by atoms with Crippen LogP contribution in [0.1, 0.15) is 42.5 Å². The van der Waals surface area contributed by atoms with E-state index in [0.29, 0.717) is 11.7 Å². The second-order valence-corrected chi connectivity index (χ2v) is 4.87. The molecule has 0 heterocycles. The molecule has 0 amide bonds. The van der Waals surface area contributed by atoms with Crippen molar-refractivity contribution in [3.05, 3.63) is 29.6 Å². The smallest absolute Gasteiger partial charge is 0.335 e. The molecule has 4 heteroatoms. The maximum absolute atomic E-state index is 13.8. The lowest BCUT2D eigenvalue weighted by molar-refractivity contribution is 0.0697. The number of anilines is 1. The average molecular weight is 251 g/mol. The van der Waals surface area contributed by atoms with Gasteiger partial charge in [0.2, 0.25) is 0 Å². The molecule has 3 nitrogen and oxygen atoms in total. The molecular formula is C14H18FNO2. The van der Waals surface area contributed by atoms with Crippen molar-refractivity contribution in [3.8, 4) is 0 Å². The Morgan fingerprint density at radius 3 is 2.61 bits per heavy atom. The van der Waals surface area contributed by atoms with E-state index in [9.17, 15) is 9.18 Å². The highest BCUT2D eigenvalue weighted by atomic mass is 19.1. The van der Waals surface area contributed by atoms with Crippen molar-refractivity contribution in [2.24, 2.45) is 0 Å². The topological polar surface area (TPSA) is 40.5 Å². The minimum absolute atomic E-state index is 0.133. The molecule has 1 N–H and O–H groups in total. The first-order chi connectivity index (χ1) is 8.59. The number of hydrogen-bond acceptors (Lipinski definition) is 2. The van der Waals surface area contributed by atoms with E-state index in [1.165, 1.54) is 24.6 Å². The van der Waals surface area contributed by atoms with E-state index < -0.39 is 5.97 Å². The first kappa shape index (κ1) is 12.9. The van der Waals surface area contributed by atoms with Crippen LogP contribution in [0, 0.1) is 5.82 Å². The van der Waals surface area contributed by atoms with E-state index in [4.69, 9.17) is 5.11 Å². The van der Waals surface area contributed by atoms with Gasteiger partial charge in [-0.05, 0) is 31.0 Å². The van der Waals surface area contributed by atoms with E-state index in [0.717, 1.165) is 25.7 Å². The Morgan fingerprint density at radius 1 is 1.33 bits per heavy atom. The maximum Gasteiger partial charge on any atom is 0.335 e. The van der Waals surface area contributed by atoms with Crippen molar-refractivity contribution in [2.75, 3.05) is 11.9 Å². The van der Waals surface area contributed by atoms with Gasteiger partial charge in [0, 0.05) is 13.1 Å². The third-order valence-electron chi connectivity index (χ3n) is 3.70. The lowest BCUT2D eigenvalue weighted by Gasteiger charge is -2.33. The molecule has 0 spiro atoms. The molecule has 18 heavy (non-hydrogen) atoms. The molecule has 0 aliphatic heterocycles. The van der Waals surface area contributed by atoms with Crippen LogP contribution in [0.2, 0.25) is 0 Å². The second-order valence-electron chi connectivity index (χ2n) is 4.87. The van der Waals surface area contributed by atoms with Crippen molar-refractivity contribution in [1.82, 2.24) is 0 Å². The van der Waals surface area contributed by atoms with Crippen LogP contribution in [-0.4, -0.2) is 24.2 Å². The Balaban J connectivity index is 2.25. The summed E-state index contributed by atoms with van der Waals surface area (Å²) < 4.78 is 13.8. The van der Waals surface area contributed by atoms with Crippen molar-refractivity contribution in [2.45, 2.75) is 38.1 Å². The summed E-state index contributed by atoms with van der Waals surface area (Å²) in [5.41, 5.74) is 0.524. The molecule has 1 saturated carbocycles. The van der Waals surface area contributed by atoms with Gasteiger partial charge in [0.15, 0.2) is 0 Å². The SMILES string of the molecule is CN(c1cc(C(=O)O)ccc1F)C1CCCCC1. The first-order valence-electron chi connectivity index (χ1n) is 6.35. The van der Waals surface area contributed by atoms with Crippen molar-refractivity contribution < 1.29 is 14.3 Å².